The number of aromatic nitrogens is 2. The first-order chi connectivity index (χ1) is 10.6. The van der Waals surface area contributed by atoms with Crippen LogP contribution < -0.4 is 10.2 Å². The second-order valence-electron chi connectivity index (χ2n) is 5.21. The van der Waals surface area contributed by atoms with E-state index in [2.05, 4.69) is 15.3 Å². The predicted octanol–water partition coefficient (Wildman–Crippen LogP) is 3.54. The molecule has 0 bridgehead atoms. The number of hydrogen-bond acceptors (Lipinski definition) is 4. The van der Waals surface area contributed by atoms with Crippen LogP contribution in [0, 0.1) is 18.6 Å². The Morgan fingerprint density at radius 1 is 1.32 bits per heavy atom. The van der Waals surface area contributed by atoms with E-state index < -0.39 is 11.6 Å². The molecule has 4 nitrogen and oxygen atoms in total. The lowest BCUT2D eigenvalue weighted by Gasteiger charge is -2.23. The fourth-order valence-corrected chi connectivity index (χ4v) is 2.66. The Bertz CT molecular complexity index is 708. The van der Waals surface area contributed by atoms with E-state index in [-0.39, 0.29) is 17.1 Å². The maximum absolute atomic E-state index is 14.0. The maximum atomic E-state index is 14.0. The van der Waals surface area contributed by atoms with E-state index in [1.54, 1.807) is 6.20 Å². The molecule has 0 atom stereocenters. The summed E-state index contributed by atoms with van der Waals surface area (Å²) in [6, 6.07) is 2.12. The van der Waals surface area contributed by atoms with Crippen molar-refractivity contribution < 1.29 is 8.78 Å². The van der Waals surface area contributed by atoms with Gasteiger partial charge >= 0.3 is 0 Å². The SMILES string of the molecule is Cc1cnc2c(n1)N(Cc1c(F)ccc(F)c1Cl)CCCN2. The number of aryl methyl sites for hydroxylation is 1. The Labute approximate surface area is 132 Å². The minimum atomic E-state index is -0.624. The highest BCUT2D eigenvalue weighted by molar-refractivity contribution is 6.31. The first-order valence-electron chi connectivity index (χ1n) is 7.01. The van der Waals surface area contributed by atoms with Crippen LogP contribution in [0.2, 0.25) is 5.02 Å². The van der Waals surface area contributed by atoms with Gasteiger partial charge in [-0.25, -0.2) is 18.7 Å². The highest BCUT2D eigenvalue weighted by Gasteiger charge is 2.21. The Hall–Kier alpha value is -1.95. The smallest absolute Gasteiger partial charge is 0.172 e. The maximum Gasteiger partial charge on any atom is 0.172 e. The van der Waals surface area contributed by atoms with Crippen LogP contribution in [0.5, 0.6) is 0 Å². The van der Waals surface area contributed by atoms with Crippen molar-refractivity contribution in [3.05, 3.63) is 46.2 Å². The van der Waals surface area contributed by atoms with Crippen LogP contribution in [0.15, 0.2) is 18.3 Å². The van der Waals surface area contributed by atoms with Gasteiger partial charge in [0.1, 0.15) is 11.6 Å². The zero-order valence-corrected chi connectivity index (χ0v) is 12.8. The molecule has 22 heavy (non-hydrogen) atoms. The zero-order chi connectivity index (χ0) is 15.7. The van der Waals surface area contributed by atoms with E-state index in [0.717, 1.165) is 30.8 Å². The molecule has 0 amide bonds. The number of benzene rings is 1. The Kier molecular flexibility index (Phi) is 4.11. The molecule has 1 aromatic heterocycles. The quantitative estimate of drug-likeness (QED) is 0.858. The van der Waals surface area contributed by atoms with Gasteiger partial charge in [0.25, 0.3) is 0 Å². The van der Waals surface area contributed by atoms with E-state index in [9.17, 15) is 8.78 Å². The minimum absolute atomic E-state index is 0.137. The largest absolute Gasteiger partial charge is 0.367 e. The number of anilines is 2. The normalized spacial score (nSPS) is 14.3. The number of hydrogen-bond donors (Lipinski definition) is 1. The van der Waals surface area contributed by atoms with Gasteiger partial charge in [-0.2, -0.15) is 0 Å². The molecule has 0 aliphatic carbocycles. The average Bonchev–Trinajstić information content (AvgIpc) is 2.70. The average molecular weight is 325 g/mol. The third kappa shape index (κ3) is 2.83. The molecule has 0 fully saturated rings. The molecule has 7 heteroatoms. The van der Waals surface area contributed by atoms with Crippen LogP contribution in [0.4, 0.5) is 20.4 Å². The summed E-state index contributed by atoms with van der Waals surface area (Å²) in [6.45, 7) is 3.40. The number of nitrogens with one attached hydrogen (secondary N) is 1. The minimum Gasteiger partial charge on any atom is -0.367 e. The first-order valence-corrected chi connectivity index (χ1v) is 7.39. The number of halogens is 3. The molecule has 0 radical (unpaired) electrons. The lowest BCUT2D eigenvalue weighted by Crippen LogP contribution is -2.25. The van der Waals surface area contributed by atoms with Crippen molar-refractivity contribution >= 4 is 23.2 Å². The summed E-state index contributed by atoms with van der Waals surface area (Å²) in [5.41, 5.74) is 0.899. The van der Waals surface area contributed by atoms with E-state index >= 15 is 0 Å². The van der Waals surface area contributed by atoms with Gasteiger partial charge in [-0.3, -0.25) is 0 Å². The van der Waals surface area contributed by atoms with Gasteiger partial charge < -0.3 is 10.2 Å². The van der Waals surface area contributed by atoms with Crippen molar-refractivity contribution in [2.24, 2.45) is 0 Å². The van der Waals surface area contributed by atoms with Crippen molar-refractivity contribution in [2.75, 3.05) is 23.3 Å². The zero-order valence-electron chi connectivity index (χ0n) is 12.0. The van der Waals surface area contributed by atoms with Crippen molar-refractivity contribution in [2.45, 2.75) is 19.9 Å². The molecule has 0 spiro atoms. The number of fused-ring (bicyclic) bond motifs is 1. The number of rotatable bonds is 2. The van der Waals surface area contributed by atoms with E-state index in [0.29, 0.717) is 18.2 Å². The Morgan fingerprint density at radius 3 is 2.91 bits per heavy atom. The van der Waals surface area contributed by atoms with Crippen molar-refractivity contribution in [3.8, 4) is 0 Å². The van der Waals surface area contributed by atoms with Gasteiger partial charge in [-0.15, -0.1) is 0 Å². The molecule has 2 heterocycles. The van der Waals surface area contributed by atoms with Crippen molar-refractivity contribution in [1.29, 1.82) is 0 Å². The van der Waals surface area contributed by atoms with Gasteiger partial charge in [0, 0.05) is 25.2 Å². The molecule has 116 valence electrons. The molecule has 1 aliphatic rings. The third-order valence-electron chi connectivity index (χ3n) is 3.56. The Balaban J connectivity index is 2.00. The molecular weight excluding hydrogens is 310 g/mol. The molecule has 0 unspecified atom stereocenters. The Morgan fingerprint density at radius 2 is 2.09 bits per heavy atom. The molecule has 2 aromatic rings. The van der Waals surface area contributed by atoms with Crippen LogP contribution in [-0.2, 0) is 6.54 Å². The van der Waals surface area contributed by atoms with E-state index in [1.807, 2.05) is 11.8 Å². The summed E-state index contributed by atoms with van der Waals surface area (Å²) in [5.74, 6) is 0.139. The summed E-state index contributed by atoms with van der Waals surface area (Å²) in [6.07, 6.45) is 2.51. The van der Waals surface area contributed by atoms with Crippen molar-refractivity contribution in [3.63, 3.8) is 0 Å². The van der Waals surface area contributed by atoms with Gasteiger partial charge in [-0.05, 0) is 25.5 Å². The molecule has 3 rings (SSSR count). The number of nitrogens with zero attached hydrogens (tertiary/aromatic N) is 3. The molecule has 1 aliphatic heterocycles. The van der Waals surface area contributed by atoms with E-state index in [4.69, 9.17) is 11.6 Å². The van der Waals surface area contributed by atoms with Gasteiger partial charge in [0.2, 0.25) is 0 Å². The fraction of sp³-hybridized carbons (Fsp3) is 0.333. The standard InChI is InChI=1S/C15H15ClF2N4/c1-9-7-20-14-15(21-9)22(6-2-5-19-14)8-10-11(17)3-4-12(18)13(10)16/h3-4,7H,2,5-6,8H2,1H3,(H,19,20). The molecule has 0 saturated carbocycles. The first kappa shape index (κ1) is 15.0. The van der Waals surface area contributed by atoms with Crippen LogP contribution in [0.1, 0.15) is 17.7 Å². The summed E-state index contributed by atoms with van der Waals surface area (Å²) in [5, 5.41) is 3.01. The van der Waals surface area contributed by atoms with Gasteiger partial charge in [-0.1, -0.05) is 11.6 Å². The monoisotopic (exact) mass is 324 g/mol. The summed E-state index contributed by atoms with van der Waals surface area (Å²) in [4.78, 5) is 10.7. The second kappa shape index (κ2) is 6.04. The third-order valence-corrected chi connectivity index (χ3v) is 3.97. The van der Waals surface area contributed by atoms with Crippen molar-refractivity contribution in [1.82, 2.24) is 9.97 Å². The van der Waals surface area contributed by atoms with Crippen LogP contribution in [0.25, 0.3) is 0 Å². The van der Waals surface area contributed by atoms with Crippen LogP contribution in [0.3, 0.4) is 0 Å². The summed E-state index contributed by atoms with van der Waals surface area (Å²) in [7, 11) is 0. The molecular formula is C15H15ClF2N4. The molecule has 0 saturated heterocycles. The summed E-state index contributed by atoms with van der Waals surface area (Å²) < 4.78 is 27.6. The van der Waals surface area contributed by atoms with Gasteiger partial charge in [0.05, 0.1) is 16.9 Å². The highest BCUT2D eigenvalue weighted by atomic mass is 35.5. The molecule has 1 N–H and O–H groups in total. The van der Waals surface area contributed by atoms with E-state index in [1.165, 1.54) is 0 Å². The lowest BCUT2D eigenvalue weighted by atomic mass is 10.2. The van der Waals surface area contributed by atoms with Crippen LogP contribution in [-0.4, -0.2) is 23.1 Å². The lowest BCUT2D eigenvalue weighted by molar-refractivity contribution is 0.580. The fourth-order valence-electron chi connectivity index (χ4n) is 2.45. The van der Waals surface area contributed by atoms with Crippen LogP contribution >= 0.6 is 11.6 Å². The highest BCUT2D eigenvalue weighted by Crippen LogP contribution is 2.29. The second-order valence-corrected chi connectivity index (χ2v) is 5.59. The predicted molar refractivity (Wildman–Crippen MR) is 82.3 cm³/mol. The van der Waals surface area contributed by atoms with Gasteiger partial charge in [0.15, 0.2) is 11.6 Å². The summed E-state index contributed by atoms with van der Waals surface area (Å²) >= 11 is 5.92. The topological polar surface area (TPSA) is 41.1 Å². The molecule has 1 aromatic carbocycles.